The Labute approximate surface area is 174 Å². The van der Waals surface area contributed by atoms with Crippen LogP contribution in [-0.4, -0.2) is 41.8 Å². The lowest BCUT2D eigenvalue weighted by Gasteiger charge is -2.17. The SMILES string of the molecule is C[C@H](NC(=O)c1ccc(Cl)c([N+](=O)[O-])c1)C(=O)NCc1ccccc1CN(C)C. The number of carbonyl (C=O) groups excluding carboxylic acids is 2. The molecule has 9 heteroatoms. The Morgan fingerprint density at radius 2 is 1.83 bits per heavy atom. The lowest BCUT2D eigenvalue weighted by molar-refractivity contribution is -0.384. The molecule has 0 aromatic heterocycles. The molecule has 8 nitrogen and oxygen atoms in total. The number of nitro benzene ring substituents is 1. The topological polar surface area (TPSA) is 105 Å². The third-order valence-electron chi connectivity index (χ3n) is 4.20. The first-order chi connectivity index (χ1) is 13.7. The van der Waals surface area contributed by atoms with Crippen molar-refractivity contribution < 1.29 is 14.5 Å². The zero-order valence-electron chi connectivity index (χ0n) is 16.4. The second kappa shape index (κ2) is 9.99. The van der Waals surface area contributed by atoms with E-state index in [1.807, 2.05) is 43.3 Å². The molecule has 2 aromatic carbocycles. The molecule has 154 valence electrons. The van der Waals surface area contributed by atoms with Gasteiger partial charge >= 0.3 is 0 Å². The van der Waals surface area contributed by atoms with Crippen LogP contribution >= 0.6 is 11.6 Å². The van der Waals surface area contributed by atoms with Gasteiger partial charge in [0.05, 0.1) is 4.92 Å². The van der Waals surface area contributed by atoms with Crippen LogP contribution in [0.2, 0.25) is 5.02 Å². The highest BCUT2D eigenvalue weighted by Crippen LogP contribution is 2.25. The molecule has 0 heterocycles. The van der Waals surface area contributed by atoms with Crippen LogP contribution in [0.25, 0.3) is 0 Å². The Morgan fingerprint density at radius 3 is 2.45 bits per heavy atom. The summed E-state index contributed by atoms with van der Waals surface area (Å²) in [5.74, 6) is -0.957. The first-order valence-corrected chi connectivity index (χ1v) is 9.31. The van der Waals surface area contributed by atoms with Gasteiger partial charge in [0, 0.05) is 24.7 Å². The van der Waals surface area contributed by atoms with Crippen LogP contribution in [0, 0.1) is 10.1 Å². The maximum absolute atomic E-state index is 12.4. The van der Waals surface area contributed by atoms with Crippen LogP contribution < -0.4 is 10.6 Å². The van der Waals surface area contributed by atoms with Gasteiger partial charge in [0.25, 0.3) is 11.6 Å². The number of carbonyl (C=O) groups is 2. The van der Waals surface area contributed by atoms with Gasteiger partial charge in [-0.05, 0) is 44.3 Å². The summed E-state index contributed by atoms with van der Waals surface area (Å²) in [6.45, 7) is 2.62. The van der Waals surface area contributed by atoms with E-state index in [9.17, 15) is 19.7 Å². The van der Waals surface area contributed by atoms with Crippen LogP contribution in [0.3, 0.4) is 0 Å². The van der Waals surface area contributed by atoms with E-state index >= 15 is 0 Å². The van der Waals surface area contributed by atoms with Gasteiger partial charge in [0.2, 0.25) is 5.91 Å². The number of benzene rings is 2. The number of nitrogens with one attached hydrogen (secondary N) is 2. The predicted molar refractivity (Wildman–Crippen MR) is 111 cm³/mol. The van der Waals surface area contributed by atoms with Gasteiger partial charge in [-0.2, -0.15) is 0 Å². The van der Waals surface area contributed by atoms with E-state index in [4.69, 9.17) is 11.6 Å². The lowest BCUT2D eigenvalue weighted by atomic mass is 10.1. The van der Waals surface area contributed by atoms with Crippen molar-refractivity contribution in [3.05, 3.63) is 74.3 Å². The summed E-state index contributed by atoms with van der Waals surface area (Å²) in [4.78, 5) is 37.0. The molecule has 2 N–H and O–H groups in total. The molecule has 0 aliphatic heterocycles. The van der Waals surface area contributed by atoms with Crippen molar-refractivity contribution in [3.63, 3.8) is 0 Å². The molecule has 29 heavy (non-hydrogen) atoms. The van der Waals surface area contributed by atoms with E-state index in [0.717, 1.165) is 23.7 Å². The maximum atomic E-state index is 12.4. The van der Waals surface area contributed by atoms with Crippen LogP contribution in [0.4, 0.5) is 5.69 Å². The minimum absolute atomic E-state index is 0.0529. The Kier molecular flexibility index (Phi) is 7.69. The standard InChI is InChI=1S/C20H23ClN4O4/c1-13(23-20(27)14-8-9-17(21)18(10-14)25(28)29)19(26)22-11-15-6-4-5-7-16(15)12-24(2)3/h4-10,13H,11-12H2,1-3H3,(H,22,26)(H,23,27)/t13-/m0/s1. The van der Waals surface area contributed by atoms with Gasteiger partial charge in [0.15, 0.2) is 0 Å². The summed E-state index contributed by atoms with van der Waals surface area (Å²) in [6, 6.07) is 10.7. The largest absolute Gasteiger partial charge is 0.350 e. The molecule has 0 spiro atoms. The van der Waals surface area contributed by atoms with Crippen LogP contribution in [0.1, 0.15) is 28.4 Å². The van der Waals surface area contributed by atoms with Crippen molar-refractivity contribution in [2.45, 2.75) is 26.1 Å². The van der Waals surface area contributed by atoms with Crippen molar-refractivity contribution in [1.29, 1.82) is 0 Å². The van der Waals surface area contributed by atoms with E-state index in [0.29, 0.717) is 6.54 Å². The van der Waals surface area contributed by atoms with Gasteiger partial charge in [-0.1, -0.05) is 35.9 Å². The maximum Gasteiger partial charge on any atom is 0.288 e. The average molecular weight is 419 g/mol. The zero-order valence-corrected chi connectivity index (χ0v) is 17.2. The van der Waals surface area contributed by atoms with E-state index < -0.39 is 16.9 Å². The molecule has 2 rings (SSSR count). The molecule has 0 unspecified atom stereocenters. The summed E-state index contributed by atoms with van der Waals surface area (Å²) in [7, 11) is 3.93. The van der Waals surface area contributed by atoms with Crippen LogP contribution in [0.5, 0.6) is 0 Å². The van der Waals surface area contributed by atoms with E-state index in [1.54, 1.807) is 6.92 Å². The predicted octanol–water partition coefficient (Wildman–Crippen LogP) is 2.74. The Balaban J connectivity index is 1.98. The fourth-order valence-electron chi connectivity index (χ4n) is 2.70. The second-order valence-electron chi connectivity index (χ2n) is 6.84. The first kappa shape index (κ1) is 22.3. The molecule has 0 aliphatic carbocycles. The lowest BCUT2D eigenvalue weighted by Crippen LogP contribution is -2.44. The molecule has 0 aliphatic rings. The van der Waals surface area contributed by atoms with E-state index in [2.05, 4.69) is 10.6 Å². The molecular formula is C20H23ClN4O4. The molecule has 0 fully saturated rings. The summed E-state index contributed by atoms with van der Waals surface area (Å²) in [5.41, 5.74) is 1.77. The van der Waals surface area contributed by atoms with Crippen molar-refractivity contribution in [3.8, 4) is 0 Å². The Bertz CT molecular complexity index is 917. The fraction of sp³-hybridized carbons (Fsp3) is 0.300. The number of amides is 2. The molecule has 0 saturated carbocycles. The summed E-state index contributed by atoms with van der Waals surface area (Å²) in [6.07, 6.45) is 0. The Morgan fingerprint density at radius 1 is 1.17 bits per heavy atom. The monoisotopic (exact) mass is 418 g/mol. The van der Waals surface area contributed by atoms with Crippen molar-refractivity contribution in [2.75, 3.05) is 14.1 Å². The number of hydrogen-bond acceptors (Lipinski definition) is 5. The first-order valence-electron chi connectivity index (χ1n) is 8.93. The van der Waals surface area contributed by atoms with E-state index in [1.165, 1.54) is 12.1 Å². The minimum Gasteiger partial charge on any atom is -0.350 e. The molecule has 2 aromatic rings. The normalized spacial score (nSPS) is 11.8. The summed E-state index contributed by atoms with van der Waals surface area (Å²) < 4.78 is 0. The molecule has 0 radical (unpaired) electrons. The van der Waals surface area contributed by atoms with Gasteiger partial charge in [-0.25, -0.2) is 0 Å². The highest BCUT2D eigenvalue weighted by Gasteiger charge is 2.20. The van der Waals surface area contributed by atoms with Gasteiger partial charge in [-0.3, -0.25) is 19.7 Å². The number of halogens is 1. The smallest absolute Gasteiger partial charge is 0.288 e. The van der Waals surface area contributed by atoms with Gasteiger partial charge in [-0.15, -0.1) is 0 Å². The third-order valence-corrected chi connectivity index (χ3v) is 4.52. The van der Waals surface area contributed by atoms with Crippen molar-refractivity contribution in [1.82, 2.24) is 15.5 Å². The number of hydrogen-bond donors (Lipinski definition) is 2. The number of nitro groups is 1. The molecule has 1 atom stereocenters. The van der Waals surface area contributed by atoms with Crippen molar-refractivity contribution >= 4 is 29.1 Å². The number of nitrogens with zero attached hydrogens (tertiary/aromatic N) is 2. The van der Waals surface area contributed by atoms with Crippen LogP contribution in [-0.2, 0) is 17.9 Å². The number of rotatable bonds is 8. The molecule has 0 saturated heterocycles. The highest BCUT2D eigenvalue weighted by atomic mass is 35.5. The average Bonchev–Trinajstić information content (AvgIpc) is 2.66. The van der Waals surface area contributed by atoms with Gasteiger partial charge < -0.3 is 15.5 Å². The van der Waals surface area contributed by atoms with Crippen molar-refractivity contribution in [2.24, 2.45) is 0 Å². The quantitative estimate of drug-likeness (QED) is 0.506. The van der Waals surface area contributed by atoms with Gasteiger partial charge in [0.1, 0.15) is 11.1 Å². The minimum atomic E-state index is -0.821. The molecular weight excluding hydrogens is 396 g/mol. The fourth-order valence-corrected chi connectivity index (χ4v) is 2.89. The Hall–Kier alpha value is -2.97. The second-order valence-corrected chi connectivity index (χ2v) is 7.25. The van der Waals surface area contributed by atoms with Crippen LogP contribution in [0.15, 0.2) is 42.5 Å². The third kappa shape index (κ3) is 6.27. The zero-order chi connectivity index (χ0) is 21.6. The highest BCUT2D eigenvalue weighted by molar-refractivity contribution is 6.32. The van der Waals surface area contributed by atoms with E-state index in [-0.39, 0.29) is 22.2 Å². The summed E-state index contributed by atoms with van der Waals surface area (Å²) >= 11 is 5.76. The molecule has 2 amide bonds. The molecule has 0 bridgehead atoms. The summed E-state index contributed by atoms with van der Waals surface area (Å²) in [5, 5.41) is 16.2.